The summed E-state index contributed by atoms with van der Waals surface area (Å²) in [5, 5.41) is 9.42. The number of fused-ring (bicyclic) bond motifs is 3. The van der Waals surface area contributed by atoms with Crippen LogP contribution in [0.1, 0.15) is 61.2 Å². The lowest BCUT2D eigenvalue weighted by atomic mass is 9.98. The fourth-order valence-electron chi connectivity index (χ4n) is 4.24. The average Bonchev–Trinajstić information content (AvgIpc) is 3.20. The van der Waals surface area contributed by atoms with E-state index in [4.69, 9.17) is 30.0 Å². The van der Waals surface area contributed by atoms with E-state index in [2.05, 4.69) is 10.2 Å². The molecule has 1 aromatic heterocycles. The van der Waals surface area contributed by atoms with E-state index in [1.54, 1.807) is 26.4 Å². The topological polar surface area (TPSA) is 102 Å². The molecule has 0 fully saturated rings. The van der Waals surface area contributed by atoms with Crippen LogP contribution in [-0.2, 0) is 19.0 Å². The Labute approximate surface area is 210 Å². The third-order valence-electron chi connectivity index (χ3n) is 5.72. The van der Waals surface area contributed by atoms with Crippen LogP contribution in [0.15, 0.2) is 36.4 Å². The van der Waals surface area contributed by atoms with Gasteiger partial charge in [0.1, 0.15) is 18.0 Å². The van der Waals surface area contributed by atoms with Crippen molar-refractivity contribution in [1.29, 1.82) is 0 Å². The summed E-state index contributed by atoms with van der Waals surface area (Å²) in [6.45, 7) is 3.98. The van der Waals surface area contributed by atoms with Gasteiger partial charge in [-0.15, -0.1) is 10.2 Å². The zero-order chi connectivity index (χ0) is 25.3. The summed E-state index contributed by atoms with van der Waals surface area (Å²) in [4.78, 5) is 0. The molecule has 2 unspecified atom stereocenters. The molecule has 188 valence electrons. The summed E-state index contributed by atoms with van der Waals surface area (Å²) >= 11 is 6.45. The van der Waals surface area contributed by atoms with Gasteiger partial charge in [0, 0.05) is 28.5 Å². The fraction of sp³-hybridized carbons (Fsp3) is 0.417. The highest BCUT2D eigenvalue weighted by atomic mass is 35.5. The molecule has 1 aliphatic heterocycles. The highest BCUT2D eigenvalue weighted by molar-refractivity contribution is 7.85. The Balaban J connectivity index is 1.93. The largest absolute Gasteiger partial charge is 0.493 e. The van der Waals surface area contributed by atoms with E-state index in [1.807, 2.05) is 42.7 Å². The summed E-state index contributed by atoms with van der Waals surface area (Å²) in [6.07, 6.45) is -0.0156. The third-order valence-corrected chi connectivity index (χ3v) is 6.55. The fourth-order valence-corrected chi connectivity index (χ4v) is 4.82. The Morgan fingerprint density at radius 2 is 1.89 bits per heavy atom. The molecule has 11 heteroatoms. The first kappa shape index (κ1) is 25.4. The van der Waals surface area contributed by atoms with Gasteiger partial charge < -0.3 is 14.2 Å². The lowest BCUT2D eigenvalue weighted by Crippen LogP contribution is -2.15. The minimum atomic E-state index is -3.62. The lowest BCUT2D eigenvalue weighted by molar-refractivity contribution is -0.00769. The highest BCUT2D eigenvalue weighted by Crippen LogP contribution is 2.46. The van der Waals surface area contributed by atoms with E-state index < -0.39 is 22.3 Å². The maximum Gasteiger partial charge on any atom is 0.264 e. The van der Waals surface area contributed by atoms with Crippen LogP contribution in [0.2, 0.25) is 5.02 Å². The number of hydrogen-bond donors (Lipinski definition) is 0. The summed E-state index contributed by atoms with van der Waals surface area (Å²) in [5.74, 6) is 2.45. The quantitative estimate of drug-likeness (QED) is 0.397. The zero-order valence-corrected chi connectivity index (χ0v) is 21.8. The second-order valence-electron chi connectivity index (χ2n) is 8.51. The van der Waals surface area contributed by atoms with Crippen LogP contribution in [0.3, 0.4) is 0 Å². The number of nitrogens with zero attached hydrogens (tertiary/aromatic N) is 3. The van der Waals surface area contributed by atoms with Gasteiger partial charge in [-0.1, -0.05) is 37.6 Å². The van der Waals surface area contributed by atoms with Gasteiger partial charge in [-0.05, 0) is 24.3 Å². The molecule has 3 aromatic rings. The minimum Gasteiger partial charge on any atom is -0.493 e. The molecule has 1 aliphatic rings. The van der Waals surface area contributed by atoms with E-state index in [-0.39, 0.29) is 18.9 Å². The first-order chi connectivity index (χ1) is 16.6. The second-order valence-corrected chi connectivity index (χ2v) is 10.6. The maximum absolute atomic E-state index is 11.6. The summed E-state index contributed by atoms with van der Waals surface area (Å²) in [7, 11) is -0.476. The van der Waals surface area contributed by atoms with Crippen molar-refractivity contribution in [2.24, 2.45) is 0 Å². The van der Waals surface area contributed by atoms with Crippen LogP contribution >= 0.6 is 11.6 Å². The Morgan fingerprint density at radius 1 is 1.11 bits per heavy atom. The van der Waals surface area contributed by atoms with E-state index in [1.165, 1.54) is 0 Å². The third kappa shape index (κ3) is 5.16. The van der Waals surface area contributed by atoms with Crippen LogP contribution in [0.4, 0.5) is 0 Å². The van der Waals surface area contributed by atoms with Gasteiger partial charge >= 0.3 is 0 Å². The zero-order valence-electron chi connectivity index (χ0n) is 20.2. The summed E-state index contributed by atoms with van der Waals surface area (Å²) in [6, 6.07) is 11.1. The van der Waals surface area contributed by atoms with E-state index in [0.717, 1.165) is 28.9 Å². The molecule has 0 amide bonds. The van der Waals surface area contributed by atoms with Gasteiger partial charge in [-0.3, -0.25) is 8.75 Å². The van der Waals surface area contributed by atoms with Crippen LogP contribution in [0.5, 0.6) is 11.5 Å². The monoisotopic (exact) mass is 521 g/mol. The highest BCUT2D eigenvalue weighted by Gasteiger charge is 2.36. The van der Waals surface area contributed by atoms with Gasteiger partial charge in [0.2, 0.25) is 0 Å². The minimum absolute atomic E-state index is 0.0654. The standard InChI is InChI=1S/C24H28ClN3O6S/c1-14(2)23-26-27-24-20(11-12-33-35(5,29)30)34-21(16-7-6-8-19(31-3)22(16)32-4)17-13-15(25)9-10-18(17)28(23)24/h6-10,13-14,20-21H,11-12H2,1-5H3. The molecule has 2 heterocycles. The SMILES string of the molecule is COc1cccc(C2OC(CCOS(C)(=O)=O)c3nnc(C(C)C)n3-c3ccc(Cl)cc32)c1OC. The van der Waals surface area contributed by atoms with Crippen molar-refractivity contribution in [3.05, 3.63) is 64.2 Å². The normalized spacial score (nSPS) is 17.6. The molecule has 0 radical (unpaired) electrons. The van der Waals surface area contributed by atoms with Gasteiger partial charge in [0.25, 0.3) is 10.1 Å². The second kappa shape index (κ2) is 10.1. The van der Waals surface area contributed by atoms with Crippen LogP contribution in [0.25, 0.3) is 5.69 Å². The number of benzene rings is 2. The molecule has 0 N–H and O–H groups in total. The smallest absolute Gasteiger partial charge is 0.264 e. The molecule has 9 nitrogen and oxygen atoms in total. The van der Waals surface area contributed by atoms with E-state index in [9.17, 15) is 8.42 Å². The molecule has 0 saturated heterocycles. The van der Waals surface area contributed by atoms with Crippen LogP contribution in [0, 0.1) is 0 Å². The number of ether oxygens (including phenoxy) is 3. The van der Waals surface area contributed by atoms with Crippen molar-refractivity contribution >= 4 is 21.7 Å². The molecule has 0 bridgehead atoms. The number of rotatable bonds is 8. The number of hydrogen-bond acceptors (Lipinski definition) is 8. The van der Waals surface area contributed by atoms with Crippen molar-refractivity contribution in [3.8, 4) is 17.2 Å². The predicted octanol–water partition coefficient (Wildman–Crippen LogP) is 4.59. The molecule has 2 atom stereocenters. The summed E-state index contributed by atoms with van der Waals surface area (Å²) < 4.78 is 48.1. The predicted molar refractivity (Wildman–Crippen MR) is 131 cm³/mol. The Morgan fingerprint density at radius 3 is 2.54 bits per heavy atom. The van der Waals surface area contributed by atoms with Crippen LogP contribution in [-0.4, -0.2) is 50.3 Å². The van der Waals surface area contributed by atoms with Gasteiger partial charge in [-0.2, -0.15) is 8.42 Å². The number of para-hydroxylation sites is 1. The molecular weight excluding hydrogens is 494 g/mol. The Kier molecular flexibility index (Phi) is 7.37. The van der Waals surface area contributed by atoms with Crippen molar-refractivity contribution < 1.29 is 26.8 Å². The Bertz CT molecular complexity index is 1320. The molecule has 35 heavy (non-hydrogen) atoms. The first-order valence-corrected chi connectivity index (χ1v) is 13.3. The maximum atomic E-state index is 11.6. The van der Waals surface area contributed by atoms with Crippen molar-refractivity contribution in [2.75, 3.05) is 27.1 Å². The molecule has 0 spiro atoms. The summed E-state index contributed by atoms with van der Waals surface area (Å²) in [5.41, 5.74) is 2.34. The van der Waals surface area contributed by atoms with Crippen molar-refractivity contribution in [1.82, 2.24) is 14.8 Å². The number of halogens is 1. The molecule has 2 aromatic carbocycles. The average molecular weight is 522 g/mol. The van der Waals surface area contributed by atoms with E-state index >= 15 is 0 Å². The van der Waals surface area contributed by atoms with Gasteiger partial charge in [0.15, 0.2) is 17.3 Å². The van der Waals surface area contributed by atoms with Gasteiger partial charge in [0.05, 0.1) is 32.8 Å². The Hall–Kier alpha value is -2.66. The molecule has 0 aliphatic carbocycles. The molecule has 0 saturated carbocycles. The van der Waals surface area contributed by atoms with Crippen LogP contribution < -0.4 is 9.47 Å². The number of aromatic nitrogens is 3. The lowest BCUT2D eigenvalue weighted by Gasteiger charge is -2.25. The van der Waals surface area contributed by atoms with Gasteiger partial charge in [-0.25, -0.2) is 0 Å². The van der Waals surface area contributed by atoms with E-state index in [0.29, 0.717) is 22.3 Å². The van der Waals surface area contributed by atoms with Crippen molar-refractivity contribution in [2.45, 2.75) is 38.4 Å². The van der Waals surface area contributed by atoms with Crippen molar-refractivity contribution in [3.63, 3.8) is 0 Å². The first-order valence-electron chi connectivity index (χ1n) is 11.1. The molecule has 4 rings (SSSR count). The molecular formula is C24H28ClN3O6S. The number of methoxy groups -OCH3 is 2.